The van der Waals surface area contributed by atoms with Crippen LogP contribution in [0.2, 0.25) is 0 Å². The molecule has 4 heteroatoms. The zero-order valence-corrected chi connectivity index (χ0v) is 13.9. The van der Waals surface area contributed by atoms with Gasteiger partial charge in [0.2, 0.25) is 0 Å². The molecule has 0 aliphatic heterocycles. The Kier molecular flexibility index (Phi) is 3.27. The van der Waals surface area contributed by atoms with Gasteiger partial charge in [-0.25, -0.2) is 0 Å². The van der Waals surface area contributed by atoms with E-state index in [1.807, 2.05) is 13.0 Å². The zero-order chi connectivity index (χ0) is 15.6. The number of hydrogen-bond donors (Lipinski definition) is 1. The van der Waals surface area contributed by atoms with Crippen molar-refractivity contribution in [3.63, 3.8) is 0 Å². The average Bonchev–Trinajstić information content (AvgIpc) is 2.36. The zero-order valence-electron chi connectivity index (χ0n) is 13.1. The van der Waals surface area contributed by atoms with E-state index in [9.17, 15) is 13.0 Å². The first kappa shape index (κ1) is 15.0. The molecular weight excluding hydrogens is 284 g/mol. The van der Waals surface area contributed by atoms with Crippen LogP contribution in [-0.4, -0.2) is 13.0 Å². The summed E-state index contributed by atoms with van der Waals surface area (Å²) in [5.74, 6) is 2.00. The number of aryl methyl sites for hydroxylation is 1. The summed E-state index contributed by atoms with van der Waals surface area (Å²) >= 11 is 0. The lowest BCUT2D eigenvalue weighted by molar-refractivity contribution is -0.111. The van der Waals surface area contributed by atoms with Gasteiger partial charge in [0, 0.05) is 0 Å². The number of hydrogen-bond acceptors (Lipinski definition) is 2. The summed E-state index contributed by atoms with van der Waals surface area (Å²) in [6.07, 6.45) is 2.29. The predicted octanol–water partition coefficient (Wildman–Crippen LogP) is 4.03. The van der Waals surface area contributed by atoms with Crippen molar-refractivity contribution in [2.24, 2.45) is 23.2 Å². The minimum absolute atomic E-state index is 0.101. The van der Waals surface area contributed by atoms with E-state index >= 15 is 0 Å². The van der Waals surface area contributed by atoms with Crippen molar-refractivity contribution in [1.29, 1.82) is 0 Å². The first-order chi connectivity index (χ1) is 9.62. The van der Waals surface area contributed by atoms with Crippen molar-refractivity contribution >= 4 is 10.1 Å². The fourth-order valence-electron chi connectivity index (χ4n) is 4.75. The molecule has 0 spiro atoms. The van der Waals surface area contributed by atoms with E-state index in [2.05, 4.69) is 20.8 Å². The van der Waals surface area contributed by atoms with Crippen molar-refractivity contribution in [3.05, 3.63) is 29.3 Å². The largest absolute Gasteiger partial charge is 0.294 e. The molecule has 0 amide bonds. The van der Waals surface area contributed by atoms with Crippen LogP contribution in [0.3, 0.4) is 0 Å². The van der Waals surface area contributed by atoms with E-state index in [0.29, 0.717) is 23.2 Å². The highest BCUT2D eigenvalue weighted by atomic mass is 32.2. The summed E-state index contributed by atoms with van der Waals surface area (Å²) < 4.78 is 32.9. The van der Waals surface area contributed by atoms with Crippen LogP contribution in [0, 0.1) is 30.1 Å². The number of fused-ring (bicyclic) bond motifs is 2. The Balaban J connectivity index is 2.04. The molecule has 1 aromatic rings. The lowest BCUT2D eigenvalue weighted by Crippen LogP contribution is -2.54. The molecule has 116 valence electrons. The Hall–Kier alpha value is -0.870. The first-order valence-electron chi connectivity index (χ1n) is 7.70. The molecule has 3 saturated carbocycles. The summed E-state index contributed by atoms with van der Waals surface area (Å²) in [7, 11) is -4.15. The van der Waals surface area contributed by atoms with Crippen LogP contribution in [0.1, 0.15) is 50.7 Å². The summed E-state index contributed by atoms with van der Waals surface area (Å²) in [4.78, 5) is 0.101. The Morgan fingerprint density at radius 2 is 1.90 bits per heavy atom. The monoisotopic (exact) mass is 308 g/mol. The molecule has 0 unspecified atom stereocenters. The highest BCUT2D eigenvalue weighted by molar-refractivity contribution is 7.85. The molecule has 1 N–H and O–H groups in total. The lowest BCUT2D eigenvalue weighted by Gasteiger charge is -2.62. The maximum Gasteiger partial charge on any atom is 0.294 e. The van der Waals surface area contributed by atoms with Crippen LogP contribution >= 0.6 is 0 Å². The third kappa shape index (κ3) is 2.23. The topological polar surface area (TPSA) is 54.4 Å². The molecule has 4 rings (SSSR count). The van der Waals surface area contributed by atoms with Gasteiger partial charge >= 0.3 is 0 Å². The molecule has 0 saturated heterocycles. The van der Waals surface area contributed by atoms with Crippen LogP contribution in [0.4, 0.5) is 0 Å². The second-order valence-corrected chi connectivity index (χ2v) is 8.97. The quantitative estimate of drug-likeness (QED) is 0.839. The molecule has 0 radical (unpaired) electrons. The Morgan fingerprint density at radius 1 is 1.24 bits per heavy atom. The van der Waals surface area contributed by atoms with Crippen LogP contribution in [0.25, 0.3) is 0 Å². The van der Waals surface area contributed by atoms with Gasteiger partial charge in [-0.3, -0.25) is 4.55 Å². The third-order valence-corrected chi connectivity index (χ3v) is 7.12. The van der Waals surface area contributed by atoms with Crippen molar-refractivity contribution in [2.75, 3.05) is 0 Å². The Labute approximate surface area is 127 Å². The maximum absolute atomic E-state index is 11.7. The Bertz CT molecular complexity index is 675. The predicted molar refractivity (Wildman–Crippen MR) is 82.9 cm³/mol. The second kappa shape index (κ2) is 4.56. The van der Waals surface area contributed by atoms with Crippen LogP contribution < -0.4 is 0 Å². The normalized spacial score (nSPS) is 34.3. The molecule has 3 aliphatic rings. The fraction of sp³-hybridized carbons (Fsp3) is 0.647. The summed E-state index contributed by atoms with van der Waals surface area (Å²) in [6.45, 7) is 8.87. The van der Waals surface area contributed by atoms with Gasteiger partial charge in [0.1, 0.15) is 0 Å². The molecule has 3 fully saturated rings. The van der Waals surface area contributed by atoms with Gasteiger partial charge in [0.15, 0.2) is 0 Å². The van der Waals surface area contributed by atoms with Crippen LogP contribution in [0.5, 0.6) is 0 Å². The number of benzene rings is 1. The van der Waals surface area contributed by atoms with E-state index in [1.54, 1.807) is 12.1 Å². The lowest BCUT2D eigenvalue weighted by atomic mass is 9.43. The van der Waals surface area contributed by atoms with Gasteiger partial charge in [-0.2, -0.15) is 8.42 Å². The van der Waals surface area contributed by atoms with Crippen molar-refractivity contribution in [1.82, 2.24) is 0 Å². The second-order valence-electron chi connectivity index (χ2n) is 7.58. The molecule has 0 heterocycles. The highest BCUT2D eigenvalue weighted by Crippen LogP contribution is 2.65. The summed E-state index contributed by atoms with van der Waals surface area (Å²) in [5.41, 5.74) is 2.23. The fourth-order valence-corrected chi connectivity index (χ4v) is 5.50. The molecule has 0 aromatic heterocycles. The van der Waals surface area contributed by atoms with E-state index in [4.69, 9.17) is 0 Å². The first-order valence-corrected chi connectivity index (χ1v) is 9.14. The van der Waals surface area contributed by atoms with Gasteiger partial charge in [-0.05, 0) is 60.5 Å². The van der Waals surface area contributed by atoms with E-state index in [-0.39, 0.29) is 10.8 Å². The van der Waals surface area contributed by atoms with Crippen molar-refractivity contribution in [3.8, 4) is 0 Å². The minimum Gasteiger partial charge on any atom is -0.282 e. The average molecular weight is 308 g/mol. The standard InChI is InChI=1S/C17H24O3S/c1-10-5-6-16(21(18,19)20)14(7-10)13-8-12-9-15(11(13)2)17(12,3)4/h5-7,11-13,15H,8-9H2,1-4H3,(H,18,19,20)/t11-,12+,13+,15+/m1/s1. The SMILES string of the molecule is Cc1ccc(S(=O)(=O)O)c([C@H]2C[C@H]3C[C@@H]([C@@H]2C)C3(C)C)c1. The molecule has 2 bridgehead atoms. The minimum atomic E-state index is -4.15. The van der Waals surface area contributed by atoms with E-state index in [1.165, 1.54) is 6.42 Å². The smallest absolute Gasteiger partial charge is 0.282 e. The van der Waals surface area contributed by atoms with Gasteiger partial charge in [-0.15, -0.1) is 0 Å². The van der Waals surface area contributed by atoms with Crippen molar-refractivity contribution < 1.29 is 13.0 Å². The molecule has 21 heavy (non-hydrogen) atoms. The molecule has 4 atom stereocenters. The molecular formula is C17H24O3S. The highest BCUT2D eigenvalue weighted by Gasteiger charge is 2.56. The Morgan fingerprint density at radius 3 is 2.43 bits per heavy atom. The molecule has 1 aromatic carbocycles. The van der Waals surface area contributed by atoms with Gasteiger partial charge in [0.25, 0.3) is 10.1 Å². The van der Waals surface area contributed by atoms with Gasteiger partial charge < -0.3 is 0 Å². The van der Waals surface area contributed by atoms with Crippen LogP contribution in [0.15, 0.2) is 23.1 Å². The summed E-state index contributed by atoms with van der Waals surface area (Å²) in [6, 6.07) is 5.25. The van der Waals surface area contributed by atoms with Crippen LogP contribution in [-0.2, 0) is 10.1 Å². The molecule has 3 nitrogen and oxygen atoms in total. The van der Waals surface area contributed by atoms with Gasteiger partial charge in [-0.1, -0.05) is 38.5 Å². The van der Waals surface area contributed by atoms with Crippen molar-refractivity contribution in [2.45, 2.75) is 51.3 Å². The molecule has 3 aliphatic carbocycles. The van der Waals surface area contributed by atoms with Gasteiger partial charge in [0.05, 0.1) is 4.90 Å². The third-order valence-electron chi connectivity index (χ3n) is 6.20. The van der Waals surface area contributed by atoms with E-state index < -0.39 is 10.1 Å². The summed E-state index contributed by atoms with van der Waals surface area (Å²) in [5, 5.41) is 0. The number of rotatable bonds is 2. The maximum atomic E-state index is 11.7. The van der Waals surface area contributed by atoms with E-state index in [0.717, 1.165) is 17.5 Å².